The Morgan fingerprint density at radius 3 is 2.52 bits per heavy atom. The highest BCUT2D eigenvalue weighted by molar-refractivity contribution is 5.94. The van der Waals surface area contributed by atoms with Gasteiger partial charge in [-0.1, -0.05) is 42.4 Å². The predicted octanol–water partition coefficient (Wildman–Crippen LogP) is 2.14. The van der Waals surface area contributed by atoms with E-state index < -0.39 is 12.0 Å². The summed E-state index contributed by atoms with van der Waals surface area (Å²) in [4.78, 5) is 25.8. The van der Waals surface area contributed by atoms with Crippen LogP contribution in [0.4, 0.5) is 5.82 Å². The van der Waals surface area contributed by atoms with Gasteiger partial charge in [0.2, 0.25) is 11.8 Å². The number of rotatable bonds is 6. The third-order valence-electron chi connectivity index (χ3n) is 3.77. The first kappa shape index (κ1) is 20.7. The van der Waals surface area contributed by atoms with Crippen LogP contribution in [0.3, 0.4) is 0 Å². The molecule has 1 heterocycles. The summed E-state index contributed by atoms with van der Waals surface area (Å²) in [5.74, 6) is -0.0680. The van der Waals surface area contributed by atoms with Crippen LogP contribution < -0.4 is 11.1 Å². The number of nitrogens with two attached hydrogens (primary N) is 1. The first-order chi connectivity index (χ1) is 11.4. The Kier molecular flexibility index (Phi) is 7.60. The van der Waals surface area contributed by atoms with Crippen molar-refractivity contribution in [3.05, 3.63) is 47.7 Å². The fraction of sp³-hybridized carbons (Fsp3) is 0.353. The van der Waals surface area contributed by atoms with Crippen LogP contribution in [0.1, 0.15) is 24.3 Å². The van der Waals surface area contributed by atoms with Crippen LogP contribution >= 0.6 is 12.4 Å². The molecule has 0 bridgehead atoms. The zero-order chi connectivity index (χ0) is 17.7. The van der Waals surface area contributed by atoms with Gasteiger partial charge in [0.25, 0.3) is 0 Å². The van der Waals surface area contributed by atoms with Crippen molar-refractivity contribution in [1.82, 2.24) is 10.1 Å². The van der Waals surface area contributed by atoms with Crippen LogP contribution in [0, 0.1) is 12.8 Å². The molecule has 2 unspecified atom stereocenters. The van der Waals surface area contributed by atoms with Gasteiger partial charge in [0.05, 0.1) is 12.5 Å². The SMILES string of the molecule is Cc1cc(NC(=O)CN(C)C(=O)C(C)C(N)c2ccccc2)no1.Cl. The van der Waals surface area contributed by atoms with Gasteiger partial charge >= 0.3 is 0 Å². The maximum atomic E-state index is 12.5. The van der Waals surface area contributed by atoms with Crippen molar-refractivity contribution >= 4 is 30.0 Å². The molecule has 0 radical (unpaired) electrons. The van der Waals surface area contributed by atoms with Crippen molar-refractivity contribution in [3.8, 4) is 0 Å². The second kappa shape index (κ2) is 9.19. The van der Waals surface area contributed by atoms with Crippen LogP contribution in [-0.2, 0) is 9.59 Å². The number of carbonyl (C=O) groups is 2. The molecule has 1 aromatic carbocycles. The van der Waals surface area contributed by atoms with E-state index >= 15 is 0 Å². The number of likely N-dealkylation sites (N-methyl/N-ethyl adjacent to an activating group) is 1. The number of aryl methyl sites for hydroxylation is 1. The molecule has 1 aromatic heterocycles. The monoisotopic (exact) mass is 366 g/mol. The Bertz CT molecular complexity index is 705. The molecule has 2 atom stereocenters. The zero-order valence-corrected chi connectivity index (χ0v) is 15.2. The van der Waals surface area contributed by atoms with Gasteiger partial charge in [-0.05, 0) is 12.5 Å². The van der Waals surface area contributed by atoms with Gasteiger partial charge in [0.1, 0.15) is 5.76 Å². The zero-order valence-electron chi connectivity index (χ0n) is 14.4. The summed E-state index contributed by atoms with van der Waals surface area (Å²) in [6.07, 6.45) is 0. The first-order valence-electron chi connectivity index (χ1n) is 7.67. The minimum absolute atomic E-state index is 0. The maximum Gasteiger partial charge on any atom is 0.245 e. The van der Waals surface area contributed by atoms with E-state index in [0.29, 0.717) is 11.6 Å². The Balaban J connectivity index is 0.00000312. The van der Waals surface area contributed by atoms with E-state index in [4.69, 9.17) is 10.3 Å². The van der Waals surface area contributed by atoms with Crippen molar-refractivity contribution in [1.29, 1.82) is 0 Å². The third-order valence-corrected chi connectivity index (χ3v) is 3.77. The summed E-state index contributed by atoms with van der Waals surface area (Å²) < 4.78 is 4.87. The normalized spacial score (nSPS) is 12.6. The topological polar surface area (TPSA) is 101 Å². The van der Waals surface area contributed by atoms with Gasteiger partial charge in [-0.25, -0.2) is 0 Å². The minimum atomic E-state index is -0.445. The summed E-state index contributed by atoms with van der Waals surface area (Å²) in [6, 6.07) is 10.6. The molecule has 2 rings (SSSR count). The van der Waals surface area contributed by atoms with E-state index in [-0.39, 0.29) is 30.8 Å². The van der Waals surface area contributed by atoms with Gasteiger partial charge in [0, 0.05) is 19.2 Å². The van der Waals surface area contributed by atoms with Crippen molar-refractivity contribution < 1.29 is 14.1 Å². The minimum Gasteiger partial charge on any atom is -0.360 e. The number of nitrogens with zero attached hydrogens (tertiary/aromatic N) is 2. The summed E-state index contributed by atoms with van der Waals surface area (Å²) in [5.41, 5.74) is 7.05. The second-order valence-electron chi connectivity index (χ2n) is 5.79. The average molecular weight is 367 g/mol. The molecule has 0 fully saturated rings. The molecular weight excluding hydrogens is 344 g/mol. The molecule has 136 valence electrons. The lowest BCUT2D eigenvalue weighted by molar-refractivity contribution is -0.137. The van der Waals surface area contributed by atoms with Crippen LogP contribution in [0.2, 0.25) is 0 Å². The van der Waals surface area contributed by atoms with Gasteiger partial charge in [-0.2, -0.15) is 0 Å². The number of anilines is 1. The van der Waals surface area contributed by atoms with E-state index in [1.54, 1.807) is 27.0 Å². The van der Waals surface area contributed by atoms with Crippen molar-refractivity contribution in [3.63, 3.8) is 0 Å². The fourth-order valence-electron chi connectivity index (χ4n) is 2.37. The lowest BCUT2D eigenvalue weighted by Crippen LogP contribution is -2.41. The highest BCUT2D eigenvalue weighted by atomic mass is 35.5. The van der Waals surface area contributed by atoms with Gasteiger partial charge in [0.15, 0.2) is 5.82 Å². The number of hydrogen-bond acceptors (Lipinski definition) is 5. The Morgan fingerprint density at radius 1 is 1.32 bits per heavy atom. The Morgan fingerprint density at radius 2 is 1.96 bits per heavy atom. The van der Waals surface area contributed by atoms with E-state index in [2.05, 4.69) is 10.5 Å². The van der Waals surface area contributed by atoms with Crippen LogP contribution in [-0.4, -0.2) is 35.5 Å². The summed E-state index contributed by atoms with van der Waals surface area (Å²) in [6.45, 7) is 3.40. The van der Waals surface area contributed by atoms with Gasteiger partial charge in [-0.15, -0.1) is 12.4 Å². The summed E-state index contributed by atoms with van der Waals surface area (Å²) in [7, 11) is 1.57. The molecule has 0 aliphatic rings. The molecule has 25 heavy (non-hydrogen) atoms. The molecule has 2 aromatic rings. The van der Waals surface area contributed by atoms with Crippen LogP contribution in [0.25, 0.3) is 0 Å². The number of hydrogen-bond donors (Lipinski definition) is 2. The smallest absolute Gasteiger partial charge is 0.245 e. The van der Waals surface area contributed by atoms with Crippen LogP contribution in [0.15, 0.2) is 40.9 Å². The number of aromatic nitrogens is 1. The number of carbonyl (C=O) groups excluding carboxylic acids is 2. The van der Waals surface area contributed by atoms with Crippen LogP contribution in [0.5, 0.6) is 0 Å². The molecule has 8 heteroatoms. The van der Waals surface area contributed by atoms with Crippen molar-refractivity contribution in [2.75, 3.05) is 18.9 Å². The predicted molar refractivity (Wildman–Crippen MR) is 97.3 cm³/mol. The van der Waals surface area contributed by atoms with Crippen molar-refractivity contribution in [2.45, 2.75) is 19.9 Å². The first-order valence-corrected chi connectivity index (χ1v) is 7.67. The second-order valence-corrected chi connectivity index (χ2v) is 5.79. The molecule has 7 nitrogen and oxygen atoms in total. The molecule has 0 spiro atoms. The largest absolute Gasteiger partial charge is 0.360 e. The Hall–Kier alpha value is -2.38. The lowest BCUT2D eigenvalue weighted by atomic mass is 9.94. The van der Waals surface area contributed by atoms with E-state index in [1.165, 1.54) is 4.90 Å². The molecule has 0 aliphatic carbocycles. The van der Waals surface area contributed by atoms with Crippen molar-refractivity contribution in [2.24, 2.45) is 11.7 Å². The summed E-state index contributed by atoms with van der Waals surface area (Å²) >= 11 is 0. The maximum absolute atomic E-state index is 12.5. The number of amides is 2. The third kappa shape index (κ3) is 5.58. The highest BCUT2D eigenvalue weighted by Crippen LogP contribution is 2.20. The quantitative estimate of drug-likeness (QED) is 0.815. The van der Waals surface area contributed by atoms with Gasteiger partial charge in [-0.3, -0.25) is 9.59 Å². The Labute approximate surface area is 152 Å². The number of benzene rings is 1. The molecule has 2 amide bonds. The number of nitrogens with one attached hydrogen (secondary N) is 1. The molecule has 0 aliphatic heterocycles. The molecule has 0 saturated heterocycles. The fourth-order valence-corrected chi connectivity index (χ4v) is 2.37. The standard InChI is InChI=1S/C17H22N4O3.ClH/c1-11-9-14(20-24-11)19-15(22)10-21(3)17(23)12(2)16(18)13-7-5-4-6-8-13;/h4-9,12,16H,10,18H2,1-3H3,(H,19,20,22);1H. The molecule has 0 saturated carbocycles. The van der Waals surface area contributed by atoms with E-state index in [1.807, 2.05) is 30.3 Å². The van der Waals surface area contributed by atoms with Gasteiger partial charge < -0.3 is 20.5 Å². The van der Waals surface area contributed by atoms with E-state index in [0.717, 1.165) is 5.56 Å². The average Bonchev–Trinajstić information content (AvgIpc) is 2.98. The molecule has 3 N–H and O–H groups in total. The summed E-state index contributed by atoms with van der Waals surface area (Å²) in [5, 5.41) is 6.26. The molecular formula is C17H23ClN4O3. The number of halogens is 1. The lowest BCUT2D eigenvalue weighted by Gasteiger charge is -2.25. The highest BCUT2D eigenvalue weighted by Gasteiger charge is 2.26. The van der Waals surface area contributed by atoms with E-state index in [9.17, 15) is 9.59 Å².